The lowest BCUT2D eigenvalue weighted by atomic mass is 10.1. The Morgan fingerprint density at radius 2 is 2.12 bits per heavy atom. The van der Waals surface area contributed by atoms with Gasteiger partial charge in [-0.15, -0.1) is 0 Å². The van der Waals surface area contributed by atoms with Gasteiger partial charge >= 0.3 is 0 Å². The number of halogens is 1. The highest BCUT2D eigenvalue weighted by atomic mass is 35.5. The molecule has 0 saturated heterocycles. The largest absolute Gasteiger partial charge is 0.483 e. The molecule has 122 valence electrons. The highest BCUT2D eigenvalue weighted by Gasteiger charge is 2.30. The molecule has 2 aromatic carbocycles. The van der Waals surface area contributed by atoms with Crippen molar-refractivity contribution in [3.05, 3.63) is 63.9 Å². The average Bonchev–Trinajstić information content (AvgIpc) is 2.84. The van der Waals surface area contributed by atoms with Gasteiger partial charge in [-0.05, 0) is 42.8 Å². The van der Waals surface area contributed by atoms with E-state index in [2.05, 4.69) is 0 Å². The molecule has 0 radical (unpaired) electrons. The predicted molar refractivity (Wildman–Crippen MR) is 90.3 cm³/mol. The van der Waals surface area contributed by atoms with E-state index in [1.165, 1.54) is 0 Å². The second-order valence-electron chi connectivity index (χ2n) is 5.32. The minimum atomic E-state index is -0.576. The van der Waals surface area contributed by atoms with Crippen molar-refractivity contribution in [2.45, 2.75) is 6.92 Å². The van der Waals surface area contributed by atoms with Crippen molar-refractivity contribution in [3.63, 3.8) is 0 Å². The Bertz CT molecular complexity index is 873. The van der Waals surface area contributed by atoms with Gasteiger partial charge < -0.3 is 15.2 Å². The first-order valence-corrected chi connectivity index (χ1v) is 7.58. The van der Waals surface area contributed by atoms with Crippen LogP contribution in [0.4, 0.5) is 0 Å². The van der Waals surface area contributed by atoms with E-state index >= 15 is 0 Å². The molecule has 0 spiro atoms. The van der Waals surface area contributed by atoms with Crippen LogP contribution in [0.2, 0.25) is 5.02 Å². The molecule has 3 rings (SSSR count). The molecule has 1 amide bonds. The molecule has 1 aliphatic rings. The van der Waals surface area contributed by atoms with Crippen molar-refractivity contribution >= 4 is 29.4 Å². The number of ketones is 1. The number of rotatable bonds is 4. The third-order valence-corrected chi connectivity index (χ3v) is 3.79. The van der Waals surface area contributed by atoms with E-state index in [9.17, 15) is 9.59 Å². The quantitative estimate of drug-likeness (QED) is 0.865. The zero-order valence-corrected chi connectivity index (χ0v) is 13.6. The number of amides is 1. The first-order chi connectivity index (χ1) is 11.5. The third-order valence-electron chi connectivity index (χ3n) is 3.55. The van der Waals surface area contributed by atoms with Crippen molar-refractivity contribution < 1.29 is 19.1 Å². The third kappa shape index (κ3) is 3.12. The van der Waals surface area contributed by atoms with Crippen molar-refractivity contribution in [2.24, 2.45) is 5.73 Å². The molecule has 0 atom stereocenters. The molecule has 2 aromatic rings. The number of Topliss-reactive ketones (excluding diaryl/α,β-unsaturated/α-hetero) is 1. The lowest BCUT2D eigenvalue weighted by Crippen LogP contribution is -2.20. The molecule has 0 unspecified atom stereocenters. The monoisotopic (exact) mass is 343 g/mol. The molecule has 0 aromatic heterocycles. The fourth-order valence-electron chi connectivity index (χ4n) is 2.42. The fourth-order valence-corrected chi connectivity index (χ4v) is 2.62. The number of fused-ring (bicyclic) bond motifs is 1. The number of carbonyl (C=O) groups is 2. The van der Waals surface area contributed by atoms with Crippen molar-refractivity contribution in [1.29, 1.82) is 0 Å². The maximum Gasteiger partial charge on any atom is 0.255 e. The number of ether oxygens (including phenoxy) is 2. The molecule has 24 heavy (non-hydrogen) atoms. The van der Waals surface area contributed by atoms with Crippen molar-refractivity contribution in [1.82, 2.24) is 0 Å². The van der Waals surface area contributed by atoms with Crippen LogP contribution < -0.4 is 15.2 Å². The van der Waals surface area contributed by atoms with Gasteiger partial charge in [0, 0.05) is 10.6 Å². The number of allylic oxidation sites excluding steroid dienone is 1. The molecule has 0 bridgehead atoms. The van der Waals surface area contributed by atoms with Crippen LogP contribution in [0.25, 0.3) is 6.08 Å². The van der Waals surface area contributed by atoms with Crippen LogP contribution in [0.5, 0.6) is 11.5 Å². The van der Waals surface area contributed by atoms with Gasteiger partial charge in [0.25, 0.3) is 5.91 Å². The highest BCUT2D eigenvalue weighted by molar-refractivity contribution is 6.30. The van der Waals surface area contributed by atoms with Crippen molar-refractivity contribution in [3.8, 4) is 11.5 Å². The van der Waals surface area contributed by atoms with Crippen LogP contribution in [0.1, 0.15) is 21.5 Å². The number of hydrogen-bond acceptors (Lipinski definition) is 4. The predicted octanol–water partition coefficient (Wildman–Crippen LogP) is 3.13. The minimum absolute atomic E-state index is 0.211. The zero-order valence-electron chi connectivity index (χ0n) is 12.8. The Balaban J connectivity index is 1.92. The minimum Gasteiger partial charge on any atom is -0.483 e. The number of carbonyl (C=O) groups excluding carboxylic acids is 2. The molecule has 0 saturated carbocycles. The average molecular weight is 344 g/mol. The van der Waals surface area contributed by atoms with Gasteiger partial charge in [-0.2, -0.15) is 0 Å². The van der Waals surface area contributed by atoms with Crippen LogP contribution in [0.15, 0.2) is 42.2 Å². The summed E-state index contributed by atoms with van der Waals surface area (Å²) in [5, 5.41) is 0.575. The van der Waals surface area contributed by atoms with Gasteiger partial charge in [0.2, 0.25) is 5.78 Å². The molecule has 1 heterocycles. The molecule has 5 nitrogen and oxygen atoms in total. The molecular weight excluding hydrogens is 330 g/mol. The van der Waals surface area contributed by atoms with Crippen molar-refractivity contribution in [2.75, 3.05) is 6.61 Å². The van der Waals surface area contributed by atoms with Gasteiger partial charge in [0.1, 0.15) is 11.5 Å². The van der Waals surface area contributed by atoms with Gasteiger partial charge in [-0.1, -0.05) is 23.7 Å². The van der Waals surface area contributed by atoms with E-state index in [0.717, 1.165) is 5.56 Å². The van der Waals surface area contributed by atoms with Gasteiger partial charge in [-0.25, -0.2) is 0 Å². The van der Waals surface area contributed by atoms with Crippen LogP contribution >= 0.6 is 11.6 Å². The summed E-state index contributed by atoms with van der Waals surface area (Å²) in [5.74, 6) is 0.296. The smallest absolute Gasteiger partial charge is 0.255 e. The summed E-state index contributed by atoms with van der Waals surface area (Å²) in [7, 11) is 0. The summed E-state index contributed by atoms with van der Waals surface area (Å²) in [4.78, 5) is 23.3. The first-order valence-electron chi connectivity index (χ1n) is 7.20. The number of hydrogen-bond donors (Lipinski definition) is 1. The van der Waals surface area contributed by atoms with E-state index in [4.69, 9.17) is 26.8 Å². The Kier molecular flexibility index (Phi) is 4.27. The Labute approximate surface area is 143 Å². The summed E-state index contributed by atoms with van der Waals surface area (Å²) in [5.41, 5.74) is 6.93. The lowest BCUT2D eigenvalue weighted by molar-refractivity contribution is -0.119. The molecule has 0 aliphatic carbocycles. The molecule has 2 N–H and O–H groups in total. The normalized spacial score (nSPS) is 14.4. The Morgan fingerprint density at radius 3 is 2.83 bits per heavy atom. The summed E-state index contributed by atoms with van der Waals surface area (Å²) in [6, 6.07) is 10.3. The number of benzene rings is 2. The zero-order chi connectivity index (χ0) is 17.3. The van der Waals surface area contributed by atoms with E-state index in [0.29, 0.717) is 27.6 Å². The van der Waals surface area contributed by atoms with Gasteiger partial charge in [0.15, 0.2) is 12.4 Å². The first kappa shape index (κ1) is 16.1. The topological polar surface area (TPSA) is 78.6 Å². The Morgan fingerprint density at radius 1 is 1.33 bits per heavy atom. The van der Waals surface area contributed by atoms with Gasteiger partial charge in [-0.3, -0.25) is 9.59 Å². The maximum atomic E-state index is 12.5. The van der Waals surface area contributed by atoms with E-state index in [1.54, 1.807) is 43.3 Å². The van der Waals surface area contributed by atoms with E-state index in [-0.39, 0.29) is 18.1 Å². The fraction of sp³-hybridized carbons (Fsp3) is 0.111. The van der Waals surface area contributed by atoms with Crippen LogP contribution in [0.3, 0.4) is 0 Å². The Hall–Kier alpha value is -2.79. The number of nitrogens with two attached hydrogens (primary N) is 1. The standard InChI is InChI=1S/C18H14ClNO4/c1-10-14(23-9-16(20)21)6-5-13-17(22)15(24-18(10)13)8-11-3-2-4-12(19)7-11/h2-8H,9H2,1H3,(H2,20,21)/b15-8-. The lowest BCUT2D eigenvalue weighted by Gasteiger charge is -2.09. The second-order valence-corrected chi connectivity index (χ2v) is 5.75. The maximum absolute atomic E-state index is 12.5. The van der Waals surface area contributed by atoms with Crippen LogP contribution in [-0.4, -0.2) is 18.3 Å². The second kappa shape index (κ2) is 6.37. The summed E-state index contributed by atoms with van der Waals surface area (Å²) >= 11 is 5.95. The summed E-state index contributed by atoms with van der Waals surface area (Å²) in [6.07, 6.45) is 1.64. The van der Waals surface area contributed by atoms with E-state index < -0.39 is 5.91 Å². The van der Waals surface area contributed by atoms with Crippen LogP contribution in [-0.2, 0) is 4.79 Å². The highest BCUT2D eigenvalue weighted by Crippen LogP contribution is 2.39. The molecule has 6 heteroatoms. The van der Waals surface area contributed by atoms with Gasteiger partial charge in [0.05, 0.1) is 5.56 Å². The van der Waals surface area contributed by atoms with E-state index in [1.807, 2.05) is 6.07 Å². The molecule has 1 aliphatic heterocycles. The summed E-state index contributed by atoms with van der Waals surface area (Å²) < 4.78 is 11.0. The van der Waals surface area contributed by atoms with Crippen LogP contribution in [0, 0.1) is 6.92 Å². The SMILES string of the molecule is Cc1c(OCC(N)=O)ccc2c1O/C(=C\c1cccc(Cl)c1)C2=O. The molecular formula is C18H14ClNO4. The molecule has 0 fully saturated rings. The summed E-state index contributed by atoms with van der Waals surface area (Å²) in [6.45, 7) is 1.52. The number of primary amides is 1.